The van der Waals surface area contributed by atoms with Gasteiger partial charge in [-0.1, -0.05) is 72.6 Å². The summed E-state index contributed by atoms with van der Waals surface area (Å²) in [5.41, 5.74) is 15.6. The molecule has 6 rings (SSSR count). The predicted octanol–water partition coefficient (Wildman–Crippen LogP) is 9.32. The van der Waals surface area contributed by atoms with Crippen LogP contribution in [0.3, 0.4) is 0 Å². The first kappa shape index (κ1) is 28.8. The number of nitrogens with one attached hydrogen (secondary N) is 1. The van der Waals surface area contributed by atoms with Gasteiger partial charge in [-0.15, -0.1) is 6.54 Å². The Bertz CT molecular complexity index is 1640. The van der Waals surface area contributed by atoms with Gasteiger partial charge in [-0.05, 0) is 77.6 Å². The normalized spacial score (nSPS) is 11.0. The maximum Gasteiger partial charge on any atom is 2.00 e. The number of nitrogens with zero attached hydrogens (tertiary/aromatic N) is 3. The second kappa shape index (κ2) is 12.8. The Morgan fingerprint density at radius 3 is 1.64 bits per heavy atom. The molecule has 2 heterocycles. The fourth-order valence-corrected chi connectivity index (χ4v) is 5.05. The number of rotatable bonds is 5. The van der Waals surface area contributed by atoms with Crippen LogP contribution < -0.4 is 0 Å². The minimum absolute atomic E-state index is 0. The molecular formula is C34H34N4Pd. The van der Waals surface area contributed by atoms with E-state index in [1.807, 2.05) is 12.4 Å². The number of hydrogen-bond donors (Lipinski definition) is 0. The van der Waals surface area contributed by atoms with Crippen LogP contribution in [0.2, 0.25) is 0 Å². The van der Waals surface area contributed by atoms with E-state index in [0.717, 1.165) is 30.5 Å². The van der Waals surface area contributed by atoms with E-state index in [1.165, 1.54) is 60.1 Å². The molecule has 0 radical (unpaired) electrons. The molecule has 0 amide bonds. The zero-order valence-corrected chi connectivity index (χ0v) is 24.5. The van der Waals surface area contributed by atoms with E-state index in [-0.39, 0.29) is 20.4 Å². The van der Waals surface area contributed by atoms with E-state index in [2.05, 4.69) is 110 Å². The molecule has 1 N–H and O–H groups in total. The molecule has 0 aliphatic rings. The monoisotopic (exact) mass is 604 g/mol. The topological polar surface area (TPSA) is 63.7 Å². The first-order valence-corrected chi connectivity index (χ1v) is 13.3. The van der Waals surface area contributed by atoms with Crippen molar-refractivity contribution in [1.82, 2.24) is 9.97 Å². The molecule has 5 heteroatoms. The van der Waals surface area contributed by atoms with E-state index < -0.39 is 0 Å². The first-order valence-electron chi connectivity index (χ1n) is 13.3. The van der Waals surface area contributed by atoms with Gasteiger partial charge in [0.05, 0.1) is 11.0 Å². The summed E-state index contributed by atoms with van der Waals surface area (Å²) in [4.78, 5) is 9.16. The number of benzene rings is 4. The van der Waals surface area contributed by atoms with Gasteiger partial charge in [-0.25, -0.2) is 0 Å². The zero-order valence-electron chi connectivity index (χ0n) is 23.0. The number of hydrogen-bond acceptors (Lipinski definition) is 2. The first-order chi connectivity index (χ1) is 18.5. The van der Waals surface area contributed by atoms with E-state index in [9.17, 15) is 0 Å². The molecule has 0 bridgehead atoms. The maximum atomic E-state index is 7.19. The minimum Gasteiger partial charge on any atom is -0.677 e. The van der Waals surface area contributed by atoms with E-state index in [0.29, 0.717) is 6.54 Å². The van der Waals surface area contributed by atoms with Gasteiger partial charge in [0.1, 0.15) is 0 Å². The fraction of sp³-hybridized carbons (Fsp3) is 0.235. The van der Waals surface area contributed by atoms with Crippen molar-refractivity contribution in [2.24, 2.45) is 0 Å². The predicted molar refractivity (Wildman–Crippen MR) is 163 cm³/mol. The summed E-state index contributed by atoms with van der Waals surface area (Å²) in [5.74, 6) is 0. The van der Waals surface area contributed by atoms with Gasteiger partial charge in [-0.3, -0.25) is 9.97 Å². The van der Waals surface area contributed by atoms with Crippen LogP contribution in [-0.2, 0) is 27.0 Å². The number of aryl methyl sites for hydroxylation is 4. The summed E-state index contributed by atoms with van der Waals surface area (Å²) in [6, 6.07) is 23.6. The largest absolute Gasteiger partial charge is 2.00 e. The molecule has 0 atom stereocenters. The van der Waals surface area contributed by atoms with E-state index >= 15 is 0 Å². The molecule has 0 aliphatic heterocycles. The van der Waals surface area contributed by atoms with Gasteiger partial charge in [0, 0.05) is 23.2 Å². The molecule has 0 unspecified atom stereocenters. The standard InChI is InChI=1S/C18H18N2.C16H16N2.Pd/c19-10-5-11-20-13-18-16-8-3-1-6-14(16)12-15-7-2-4-9-17(15)18;1-9-7-17-15-13(11(9)3)5-6-14-12(4)10(2)8-18-16(14)15;/h1-4,6-9,12,19H,5,10-11,13H2;5-8H,1-4H3;/q-2;;+2. The van der Waals surface area contributed by atoms with Gasteiger partial charge < -0.3 is 11.1 Å². The molecule has 6 aromatic rings. The summed E-state index contributed by atoms with van der Waals surface area (Å²) >= 11 is 0. The second-order valence-electron chi connectivity index (χ2n) is 10.00. The van der Waals surface area contributed by atoms with Crippen LogP contribution in [-0.4, -0.2) is 23.1 Å². The molecule has 0 fully saturated rings. The number of aromatic nitrogens is 2. The maximum absolute atomic E-state index is 7.19. The Morgan fingerprint density at radius 1 is 0.667 bits per heavy atom. The third kappa shape index (κ3) is 5.88. The van der Waals surface area contributed by atoms with Crippen molar-refractivity contribution >= 4 is 43.4 Å². The van der Waals surface area contributed by atoms with Crippen LogP contribution in [0.1, 0.15) is 34.2 Å². The van der Waals surface area contributed by atoms with Gasteiger partial charge in [0.25, 0.3) is 0 Å². The van der Waals surface area contributed by atoms with E-state index in [4.69, 9.17) is 5.73 Å². The molecule has 4 aromatic carbocycles. The number of fused-ring (bicyclic) bond motifs is 5. The fourth-order valence-electron chi connectivity index (χ4n) is 5.05. The summed E-state index contributed by atoms with van der Waals surface area (Å²) in [7, 11) is 0. The van der Waals surface area contributed by atoms with Gasteiger partial charge in [0.15, 0.2) is 0 Å². The van der Waals surface area contributed by atoms with Crippen molar-refractivity contribution in [3.05, 3.63) is 118 Å². The molecular weight excluding hydrogens is 571 g/mol. The van der Waals surface area contributed by atoms with Crippen LogP contribution in [0.4, 0.5) is 0 Å². The van der Waals surface area contributed by atoms with Crippen molar-refractivity contribution in [2.75, 3.05) is 13.1 Å². The molecule has 2 aromatic heterocycles. The van der Waals surface area contributed by atoms with Crippen molar-refractivity contribution in [1.29, 1.82) is 0 Å². The van der Waals surface area contributed by atoms with Crippen LogP contribution in [0.25, 0.3) is 54.4 Å². The Balaban J connectivity index is 0.000000177. The Hall–Kier alpha value is -3.20. The number of pyridine rings is 2. The van der Waals surface area contributed by atoms with Crippen molar-refractivity contribution in [3.8, 4) is 0 Å². The van der Waals surface area contributed by atoms with Crippen LogP contribution in [0, 0.1) is 27.7 Å². The quantitative estimate of drug-likeness (QED) is 0.0852. The van der Waals surface area contributed by atoms with Crippen molar-refractivity contribution in [2.45, 2.75) is 40.7 Å². The Labute approximate surface area is 244 Å². The Morgan fingerprint density at radius 2 is 1.15 bits per heavy atom. The average molecular weight is 605 g/mol. The molecule has 39 heavy (non-hydrogen) atoms. The van der Waals surface area contributed by atoms with Gasteiger partial charge in [0.2, 0.25) is 0 Å². The third-order valence-corrected chi connectivity index (χ3v) is 7.56. The molecule has 0 spiro atoms. The van der Waals surface area contributed by atoms with Gasteiger partial charge in [-0.2, -0.15) is 13.1 Å². The van der Waals surface area contributed by atoms with Crippen LogP contribution in [0.15, 0.2) is 79.1 Å². The summed E-state index contributed by atoms with van der Waals surface area (Å²) < 4.78 is 0. The molecule has 200 valence electrons. The van der Waals surface area contributed by atoms with E-state index in [1.54, 1.807) is 0 Å². The minimum atomic E-state index is 0. The molecule has 4 nitrogen and oxygen atoms in total. The zero-order chi connectivity index (χ0) is 26.6. The summed E-state index contributed by atoms with van der Waals surface area (Å²) in [6.45, 7) is 10.5. The van der Waals surface area contributed by atoms with Crippen molar-refractivity contribution < 1.29 is 20.4 Å². The van der Waals surface area contributed by atoms with Crippen LogP contribution >= 0.6 is 0 Å². The summed E-state index contributed by atoms with van der Waals surface area (Å²) in [6.07, 6.45) is 4.73. The molecule has 0 saturated carbocycles. The van der Waals surface area contributed by atoms with Gasteiger partial charge >= 0.3 is 20.4 Å². The molecule has 0 aliphatic carbocycles. The molecule has 0 saturated heterocycles. The summed E-state index contributed by atoms with van der Waals surface area (Å²) in [5, 5.41) is 12.2. The Kier molecular flexibility index (Phi) is 9.43. The van der Waals surface area contributed by atoms with Crippen molar-refractivity contribution in [3.63, 3.8) is 0 Å². The SMILES string of the molecule is Cc1cnc2c(ccc3c(C)c(C)cnc32)c1C.[NH-]CCC[N-]Cc1c2ccccc2cc2ccccc12.[Pd+2]. The second-order valence-corrected chi connectivity index (χ2v) is 10.00. The smallest absolute Gasteiger partial charge is 0.677 e. The third-order valence-electron chi connectivity index (χ3n) is 7.56. The van der Waals surface area contributed by atoms with Crippen LogP contribution in [0.5, 0.6) is 0 Å². The average Bonchev–Trinajstić information content (AvgIpc) is 2.94.